The molecule has 7 nitrogen and oxygen atoms in total. The largest absolute Gasteiger partial charge is 0.497 e. The van der Waals surface area contributed by atoms with Crippen molar-refractivity contribution in [2.75, 3.05) is 26.7 Å². The monoisotopic (exact) mass is 518 g/mol. The molecule has 2 rings (SSSR count). The SMILES string of the molecule is CCNC(=NCc1cc(C)cc(OC)c1)N1CC[C@@H](NC(=O)OC(C)(C)C)C1.I. The molecule has 1 aliphatic rings. The Hall–Kier alpha value is -1.71. The van der Waals surface area contributed by atoms with Gasteiger partial charge in [-0.1, -0.05) is 6.07 Å². The van der Waals surface area contributed by atoms with E-state index in [0.717, 1.165) is 42.3 Å². The zero-order valence-corrected chi connectivity index (χ0v) is 20.7. The van der Waals surface area contributed by atoms with E-state index in [4.69, 9.17) is 14.5 Å². The van der Waals surface area contributed by atoms with Gasteiger partial charge >= 0.3 is 6.09 Å². The molecule has 2 N–H and O–H groups in total. The maximum atomic E-state index is 12.0. The fraction of sp³-hybridized carbons (Fsp3) is 0.619. The Bertz CT molecular complexity index is 704. The summed E-state index contributed by atoms with van der Waals surface area (Å²) >= 11 is 0. The molecular formula is C21H35IN4O3. The molecule has 0 radical (unpaired) electrons. The maximum absolute atomic E-state index is 12.0. The van der Waals surface area contributed by atoms with Crippen molar-refractivity contribution < 1.29 is 14.3 Å². The lowest BCUT2D eigenvalue weighted by atomic mass is 10.1. The van der Waals surface area contributed by atoms with E-state index >= 15 is 0 Å². The van der Waals surface area contributed by atoms with Crippen LogP contribution in [0.5, 0.6) is 5.75 Å². The van der Waals surface area contributed by atoms with Crippen molar-refractivity contribution in [3.63, 3.8) is 0 Å². The summed E-state index contributed by atoms with van der Waals surface area (Å²) in [6, 6.07) is 6.19. The van der Waals surface area contributed by atoms with Crippen LogP contribution in [0.4, 0.5) is 4.79 Å². The maximum Gasteiger partial charge on any atom is 0.407 e. The molecule has 1 aromatic carbocycles. The molecule has 0 saturated carbocycles. The first kappa shape index (κ1) is 25.3. The summed E-state index contributed by atoms with van der Waals surface area (Å²) in [6.45, 7) is 12.6. The number of aliphatic imine (C=N–C) groups is 1. The number of methoxy groups -OCH3 is 1. The van der Waals surface area contributed by atoms with E-state index in [1.807, 2.05) is 39.8 Å². The van der Waals surface area contributed by atoms with Gasteiger partial charge in [0, 0.05) is 19.6 Å². The molecule has 1 fully saturated rings. The van der Waals surface area contributed by atoms with Gasteiger partial charge in [-0.15, -0.1) is 24.0 Å². The van der Waals surface area contributed by atoms with Gasteiger partial charge < -0.3 is 25.0 Å². The predicted octanol–water partition coefficient (Wildman–Crippen LogP) is 3.69. The highest BCUT2D eigenvalue weighted by molar-refractivity contribution is 14.0. The third kappa shape index (κ3) is 8.67. The van der Waals surface area contributed by atoms with Crippen LogP contribution in [0.25, 0.3) is 0 Å². The molecule has 0 bridgehead atoms. The average Bonchev–Trinajstić information content (AvgIpc) is 3.04. The minimum Gasteiger partial charge on any atom is -0.497 e. The van der Waals surface area contributed by atoms with Crippen molar-refractivity contribution in [2.45, 2.75) is 59.2 Å². The molecule has 1 heterocycles. The van der Waals surface area contributed by atoms with E-state index in [9.17, 15) is 4.79 Å². The fourth-order valence-electron chi connectivity index (χ4n) is 3.17. The summed E-state index contributed by atoms with van der Waals surface area (Å²) in [7, 11) is 1.67. The molecule has 0 unspecified atom stereocenters. The molecule has 1 saturated heterocycles. The number of halogens is 1. The van der Waals surface area contributed by atoms with Gasteiger partial charge in [-0.25, -0.2) is 9.79 Å². The van der Waals surface area contributed by atoms with Gasteiger partial charge in [-0.05, 0) is 64.3 Å². The Labute approximate surface area is 191 Å². The Morgan fingerprint density at radius 1 is 1.31 bits per heavy atom. The highest BCUT2D eigenvalue weighted by Gasteiger charge is 2.27. The summed E-state index contributed by atoms with van der Waals surface area (Å²) in [5.41, 5.74) is 1.76. The van der Waals surface area contributed by atoms with Crippen LogP contribution in [-0.4, -0.2) is 55.3 Å². The van der Waals surface area contributed by atoms with Gasteiger partial charge in [0.2, 0.25) is 0 Å². The lowest BCUT2D eigenvalue weighted by Crippen LogP contribution is -2.44. The summed E-state index contributed by atoms with van der Waals surface area (Å²) in [5, 5.41) is 6.31. The number of nitrogens with one attached hydrogen (secondary N) is 2. The standard InChI is InChI=1S/C21H34N4O3.HI/c1-7-22-19(23-13-16-10-15(2)11-18(12-16)27-6)25-9-8-17(14-25)24-20(26)28-21(3,4)5;/h10-12,17H,7-9,13-14H2,1-6H3,(H,22,23)(H,24,26);1H/t17-;/m1./s1. The van der Waals surface area contributed by atoms with Crippen molar-refractivity contribution in [3.8, 4) is 5.75 Å². The first-order valence-electron chi connectivity index (χ1n) is 9.87. The van der Waals surface area contributed by atoms with Crippen molar-refractivity contribution >= 4 is 36.0 Å². The number of aryl methyl sites for hydroxylation is 1. The lowest BCUT2D eigenvalue weighted by molar-refractivity contribution is 0.0507. The van der Waals surface area contributed by atoms with Crippen LogP contribution in [0.15, 0.2) is 23.2 Å². The van der Waals surface area contributed by atoms with Gasteiger partial charge in [0.15, 0.2) is 5.96 Å². The van der Waals surface area contributed by atoms with Crippen molar-refractivity contribution in [1.29, 1.82) is 0 Å². The fourth-order valence-corrected chi connectivity index (χ4v) is 3.17. The second-order valence-electron chi connectivity index (χ2n) is 8.11. The molecule has 1 aromatic rings. The molecule has 29 heavy (non-hydrogen) atoms. The van der Waals surface area contributed by atoms with Crippen molar-refractivity contribution in [1.82, 2.24) is 15.5 Å². The van der Waals surface area contributed by atoms with E-state index < -0.39 is 5.60 Å². The van der Waals surface area contributed by atoms with Gasteiger partial charge in [0.05, 0.1) is 19.7 Å². The highest BCUT2D eigenvalue weighted by Crippen LogP contribution is 2.18. The number of guanidine groups is 1. The van der Waals surface area contributed by atoms with Gasteiger partial charge in [0.25, 0.3) is 0 Å². The van der Waals surface area contributed by atoms with E-state index in [0.29, 0.717) is 13.1 Å². The predicted molar refractivity (Wildman–Crippen MR) is 127 cm³/mol. The number of carbonyl (C=O) groups excluding carboxylic acids is 1. The normalized spacial score (nSPS) is 16.8. The first-order chi connectivity index (χ1) is 13.2. The highest BCUT2D eigenvalue weighted by atomic mass is 127. The second kappa shape index (κ2) is 11.5. The minimum absolute atomic E-state index is 0. The number of benzene rings is 1. The number of amides is 1. The van der Waals surface area contributed by atoms with Crippen LogP contribution in [-0.2, 0) is 11.3 Å². The summed E-state index contributed by atoms with van der Waals surface area (Å²) in [5.74, 6) is 1.70. The van der Waals surface area contributed by atoms with Crippen LogP contribution in [0, 0.1) is 6.92 Å². The lowest BCUT2D eigenvalue weighted by Gasteiger charge is -2.23. The number of hydrogen-bond donors (Lipinski definition) is 2. The average molecular weight is 518 g/mol. The van der Waals surface area contributed by atoms with Crippen LogP contribution < -0.4 is 15.4 Å². The van der Waals surface area contributed by atoms with E-state index in [1.165, 1.54) is 0 Å². The topological polar surface area (TPSA) is 75.2 Å². The van der Waals surface area contributed by atoms with E-state index in [1.54, 1.807) is 7.11 Å². The molecule has 0 spiro atoms. The van der Waals surface area contributed by atoms with Crippen LogP contribution in [0.3, 0.4) is 0 Å². The zero-order valence-electron chi connectivity index (χ0n) is 18.4. The number of hydrogen-bond acceptors (Lipinski definition) is 4. The Kier molecular flexibility index (Phi) is 10.0. The summed E-state index contributed by atoms with van der Waals surface area (Å²) < 4.78 is 10.7. The number of ether oxygens (including phenoxy) is 2. The summed E-state index contributed by atoms with van der Waals surface area (Å²) in [4.78, 5) is 19.0. The van der Waals surface area contributed by atoms with Gasteiger partial charge in [-0.3, -0.25) is 0 Å². The molecular weight excluding hydrogens is 483 g/mol. The molecule has 1 amide bonds. The molecule has 8 heteroatoms. The Morgan fingerprint density at radius 2 is 2.03 bits per heavy atom. The molecule has 1 atom stereocenters. The minimum atomic E-state index is -0.492. The zero-order chi connectivity index (χ0) is 20.7. The third-order valence-electron chi connectivity index (χ3n) is 4.30. The number of likely N-dealkylation sites (tertiary alicyclic amines) is 1. The number of alkyl carbamates (subject to hydrolysis) is 1. The van der Waals surface area contributed by atoms with Crippen LogP contribution in [0.1, 0.15) is 45.2 Å². The smallest absolute Gasteiger partial charge is 0.407 e. The van der Waals surface area contributed by atoms with Crippen molar-refractivity contribution in [2.24, 2.45) is 4.99 Å². The number of nitrogens with zero attached hydrogens (tertiary/aromatic N) is 2. The van der Waals surface area contributed by atoms with Gasteiger partial charge in [0.1, 0.15) is 11.4 Å². The van der Waals surface area contributed by atoms with Crippen molar-refractivity contribution in [3.05, 3.63) is 29.3 Å². The van der Waals surface area contributed by atoms with Crippen LogP contribution >= 0.6 is 24.0 Å². The second-order valence-corrected chi connectivity index (χ2v) is 8.11. The number of carbonyl (C=O) groups is 1. The third-order valence-corrected chi connectivity index (χ3v) is 4.30. The molecule has 1 aliphatic heterocycles. The quantitative estimate of drug-likeness (QED) is 0.354. The Balaban J connectivity index is 0.00000420. The van der Waals surface area contributed by atoms with E-state index in [2.05, 4.69) is 28.5 Å². The van der Waals surface area contributed by atoms with Crippen LogP contribution in [0.2, 0.25) is 0 Å². The van der Waals surface area contributed by atoms with E-state index in [-0.39, 0.29) is 36.1 Å². The molecule has 164 valence electrons. The van der Waals surface area contributed by atoms with Gasteiger partial charge in [-0.2, -0.15) is 0 Å². The molecule has 0 aromatic heterocycles. The number of rotatable bonds is 5. The molecule has 0 aliphatic carbocycles. The first-order valence-corrected chi connectivity index (χ1v) is 9.87. The summed E-state index contributed by atoms with van der Waals surface area (Å²) in [6.07, 6.45) is 0.496. The Morgan fingerprint density at radius 3 is 2.66 bits per heavy atom.